The summed E-state index contributed by atoms with van der Waals surface area (Å²) in [6.45, 7) is 4.10. The Hall–Kier alpha value is -1.06. The van der Waals surface area contributed by atoms with Crippen molar-refractivity contribution < 1.29 is 4.74 Å². The zero-order chi connectivity index (χ0) is 14.3. The van der Waals surface area contributed by atoms with Gasteiger partial charge in [0.1, 0.15) is 5.82 Å². The van der Waals surface area contributed by atoms with E-state index in [9.17, 15) is 0 Å². The molecule has 0 saturated heterocycles. The maximum absolute atomic E-state index is 6.37. The van der Waals surface area contributed by atoms with Crippen molar-refractivity contribution in [2.45, 2.75) is 50.6 Å². The van der Waals surface area contributed by atoms with Crippen molar-refractivity contribution in [2.75, 3.05) is 7.11 Å². The van der Waals surface area contributed by atoms with E-state index in [1.807, 2.05) is 6.92 Å². The summed E-state index contributed by atoms with van der Waals surface area (Å²) in [4.78, 5) is 4.80. The first-order valence-corrected chi connectivity index (χ1v) is 7.69. The standard InChI is InChI=1S/C16H21ClN2O/c1-10-5-4-6-14-15(10)18-16(11(2)17)19(14)12-7-8-13(9-12)20-3/h4-6,11-13H,7-9H2,1-3H3. The van der Waals surface area contributed by atoms with E-state index in [-0.39, 0.29) is 5.38 Å². The number of methoxy groups -OCH3 is 1. The van der Waals surface area contributed by atoms with Gasteiger partial charge in [0.05, 0.1) is 22.5 Å². The summed E-state index contributed by atoms with van der Waals surface area (Å²) in [5, 5.41) is -0.0802. The first kappa shape index (κ1) is 13.9. The van der Waals surface area contributed by atoms with E-state index in [0.29, 0.717) is 12.1 Å². The van der Waals surface area contributed by atoms with Gasteiger partial charge in [0, 0.05) is 13.2 Å². The highest BCUT2D eigenvalue weighted by Crippen LogP contribution is 2.37. The second kappa shape index (κ2) is 5.38. The number of nitrogens with zero attached hydrogens (tertiary/aromatic N) is 2. The van der Waals surface area contributed by atoms with Crippen LogP contribution >= 0.6 is 11.6 Å². The van der Waals surface area contributed by atoms with E-state index in [1.54, 1.807) is 7.11 Å². The number of hydrogen-bond acceptors (Lipinski definition) is 2. The molecule has 1 aliphatic carbocycles. The van der Waals surface area contributed by atoms with Gasteiger partial charge in [0.15, 0.2) is 0 Å². The molecule has 0 N–H and O–H groups in total. The molecule has 4 heteroatoms. The van der Waals surface area contributed by atoms with E-state index >= 15 is 0 Å². The number of alkyl halides is 1. The number of imidazole rings is 1. The molecular weight excluding hydrogens is 272 g/mol. The highest BCUT2D eigenvalue weighted by Gasteiger charge is 2.29. The van der Waals surface area contributed by atoms with Crippen LogP contribution in [0.5, 0.6) is 0 Å². The van der Waals surface area contributed by atoms with Crippen LogP contribution in [0.25, 0.3) is 11.0 Å². The summed E-state index contributed by atoms with van der Waals surface area (Å²) in [6.07, 6.45) is 3.66. The van der Waals surface area contributed by atoms with Crippen LogP contribution in [0.15, 0.2) is 18.2 Å². The minimum Gasteiger partial charge on any atom is -0.381 e. The van der Waals surface area contributed by atoms with E-state index in [1.165, 1.54) is 11.1 Å². The first-order chi connectivity index (χ1) is 9.61. The number of rotatable bonds is 3. The summed E-state index contributed by atoms with van der Waals surface area (Å²) in [6, 6.07) is 6.80. The SMILES string of the molecule is COC1CCC(n2c(C(C)Cl)nc3c(C)cccc32)C1. The number of ether oxygens (including phenoxy) is 1. The average molecular weight is 293 g/mol. The molecule has 3 nitrogen and oxygen atoms in total. The number of fused-ring (bicyclic) bond motifs is 1. The molecule has 1 aromatic heterocycles. The molecule has 1 fully saturated rings. The Morgan fingerprint density at radius 3 is 2.85 bits per heavy atom. The van der Waals surface area contributed by atoms with Crippen molar-refractivity contribution in [3.63, 3.8) is 0 Å². The zero-order valence-electron chi connectivity index (χ0n) is 12.3. The summed E-state index contributed by atoms with van der Waals surface area (Å²) < 4.78 is 7.86. The van der Waals surface area contributed by atoms with Crippen molar-refractivity contribution in [1.82, 2.24) is 9.55 Å². The van der Waals surface area contributed by atoms with Crippen LogP contribution in [0, 0.1) is 6.92 Å². The molecule has 1 aromatic carbocycles. The van der Waals surface area contributed by atoms with Crippen LogP contribution < -0.4 is 0 Å². The molecule has 20 heavy (non-hydrogen) atoms. The van der Waals surface area contributed by atoms with Crippen molar-refractivity contribution >= 4 is 22.6 Å². The lowest BCUT2D eigenvalue weighted by molar-refractivity contribution is 0.106. The second-order valence-corrected chi connectivity index (χ2v) is 6.38. The van der Waals surface area contributed by atoms with Gasteiger partial charge in [-0.1, -0.05) is 12.1 Å². The van der Waals surface area contributed by atoms with Crippen LogP contribution in [0.1, 0.15) is 49.0 Å². The van der Waals surface area contributed by atoms with Crippen LogP contribution in [-0.4, -0.2) is 22.8 Å². The molecule has 0 radical (unpaired) electrons. The number of benzene rings is 1. The van der Waals surface area contributed by atoms with Crippen molar-refractivity contribution in [3.8, 4) is 0 Å². The van der Waals surface area contributed by atoms with E-state index in [2.05, 4.69) is 29.7 Å². The maximum atomic E-state index is 6.37. The third-order valence-corrected chi connectivity index (χ3v) is 4.56. The summed E-state index contributed by atoms with van der Waals surface area (Å²) >= 11 is 6.37. The Bertz CT molecular complexity index is 620. The molecule has 1 saturated carbocycles. The average Bonchev–Trinajstić information content (AvgIpc) is 3.02. The molecule has 3 atom stereocenters. The fourth-order valence-corrected chi connectivity index (χ4v) is 3.46. The molecule has 3 rings (SSSR count). The lowest BCUT2D eigenvalue weighted by Gasteiger charge is -2.18. The topological polar surface area (TPSA) is 27.1 Å². The largest absolute Gasteiger partial charge is 0.381 e. The molecule has 0 spiro atoms. The third-order valence-electron chi connectivity index (χ3n) is 4.36. The van der Waals surface area contributed by atoms with Gasteiger partial charge < -0.3 is 9.30 Å². The summed E-state index contributed by atoms with van der Waals surface area (Å²) in [5.41, 5.74) is 3.49. The van der Waals surface area contributed by atoms with E-state index < -0.39 is 0 Å². The third kappa shape index (κ3) is 2.23. The van der Waals surface area contributed by atoms with Crippen LogP contribution in [0.3, 0.4) is 0 Å². The fraction of sp³-hybridized carbons (Fsp3) is 0.562. The predicted molar refractivity (Wildman–Crippen MR) is 82.4 cm³/mol. The minimum atomic E-state index is -0.0802. The molecule has 2 aromatic rings. The van der Waals surface area contributed by atoms with Gasteiger partial charge in [-0.25, -0.2) is 4.98 Å². The second-order valence-electron chi connectivity index (χ2n) is 5.72. The Morgan fingerprint density at radius 2 is 2.20 bits per heavy atom. The Morgan fingerprint density at radius 1 is 1.40 bits per heavy atom. The lowest BCUT2D eigenvalue weighted by Crippen LogP contribution is -2.12. The number of aryl methyl sites for hydroxylation is 1. The molecule has 108 valence electrons. The van der Waals surface area contributed by atoms with Crippen molar-refractivity contribution in [3.05, 3.63) is 29.6 Å². The summed E-state index contributed by atoms with van der Waals surface area (Å²) in [7, 11) is 1.80. The van der Waals surface area contributed by atoms with Gasteiger partial charge >= 0.3 is 0 Å². The number of halogens is 1. The van der Waals surface area contributed by atoms with Gasteiger partial charge in [0.2, 0.25) is 0 Å². The van der Waals surface area contributed by atoms with E-state index in [0.717, 1.165) is 30.6 Å². The van der Waals surface area contributed by atoms with Crippen molar-refractivity contribution in [2.24, 2.45) is 0 Å². The predicted octanol–water partition coefficient (Wildman–Crippen LogP) is 4.38. The molecule has 0 aliphatic heterocycles. The quantitative estimate of drug-likeness (QED) is 0.785. The van der Waals surface area contributed by atoms with E-state index in [4.69, 9.17) is 21.3 Å². The number of aromatic nitrogens is 2. The maximum Gasteiger partial charge on any atom is 0.127 e. The molecule has 3 unspecified atom stereocenters. The van der Waals surface area contributed by atoms with Crippen LogP contribution in [-0.2, 0) is 4.74 Å². The Labute approximate surface area is 124 Å². The zero-order valence-corrected chi connectivity index (χ0v) is 13.0. The Kier molecular flexibility index (Phi) is 3.74. The van der Waals surface area contributed by atoms with Gasteiger partial charge in [-0.3, -0.25) is 0 Å². The Balaban J connectivity index is 2.13. The normalized spacial score (nSPS) is 24.4. The molecule has 1 aliphatic rings. The van der Waals surface area contributed by atoms with Gasteiger partial charge in [0.25, 0.3) is 0 Å². The fourth-order valence-electron chi connectivity index (χ4n) is 3.31. The minimum absolute atomic E-state index is 0.0802. The monoisotopic (exact) mass is 292 g/mol. The molecular formula is C16H21ClN2O. The van der Waals surface area contributed by atoms with Gasteiger partial charge in [-0.15, -0.1) is 11.6 Å². The van der Waals surface area contributed by atoms with Crippen LogP contribution in [0.4, 0.5) is 0 Å². The highest BCUT2D eigenvalue weighted by molar-refractivity contribution is 6.20. The first-order valence-electron chi connectivity index (χ1n) is 7.26. The van der Waals surface area contributed by atoms with Crippen molar-refractivity contribution in [1.29, 1.82) is 0 Å². The van der Waals surface area contributed by atoms with Gasteiger partial charge in [-0.2, -0.15) is 0 Å². The number of para-hydroxylation sites is 1. The smallest absolute Gasteiger partial charge is 0.127 e. The lowest BCUT2D eigenvalue weighted by atomic mass is 10.2. The summed E-state index contributed by atoms with van der Waals surface area (Å²) in [5.74, 6) is 0.984. The van der Waals surface area contributed by atoms with Crippen LogP contribution in [0.2, 0.25) is 0 Å². The molecule has 0 bridgehead atoms. The molecule has 1 heterocycles. The molecule has 0 amide bonds. The van der Waals surface area contributed by atoms with Gasteiger partial charge in [-0.05, 0) is 44.7 Å². The number of hydrogen-bond donors (Lipinski definition) is 0. The highest BCUT2D eigenvalue weighted by atomic mass is 35.5.